The van der Waals surface area contributed by atoms with Crippen LogP contribution in [0.1, 0.15) is 26.2 Å². The van der Waals surface area contributed by atoms with Crippen molar-refractivity contribution in [2.45, 2.75) is 32.2 Å². The highest BCUT2D eigenvalue weighted by Crippen LogP contribution is 2.74. The van der Waals surface area contributed by atoms with Crippen molar-refractivity contribution >= 4 is 18.4 Å². The number of rotatable bonds is 2. The molecule has 0 aromatic heterocycles. The van der Waals surface area contributed by atoms with Crippen molar-refractivity contribution in [1.82, 2.24) is 0 Å². The van der Waals surface area contributed by atoms with Crippen molar-refractivity contribution < 1.29 is 9.90 Å². The fourth-order valence-corrected chi connectivity index (χ4v) is 2.99. The normalized spacial score (nSPS) is 44.8. The van der Waals surface area contributed by atoms with Gasteiger partial charge in [-0.05, 0) is 30.1 Å². The van der Waals surface area contributed by atoms with E-state index in [2.05, 4.69) is 6.92 Å². The molecule has 3 saturated carbocycles. The number of hydrogen-bond acceptors (Lipinski definition) is 2. The molecule has 0 amide bonds. The number of carbonyl (C=O) groups is 1. The van der Waals surface area contributed by atoms with Crippen LogP contribution < -0.4 is 5.73 Å². The number of nitrogens with two attached hydrogens (primary N) is 1. The first-order valence-corrected chi connectivity index (χ1v) is 3.96. The minimum absolute atomic E-state index is 0. The predicted molar refractivity (Wildman–Crippen MR) is 47.3 cm³/mol. The molecule has 3 N–H and O–H groups in total. The van der Waals surface area contributed by atoms with Crippen LogP contribution in [-0.4, -0.2) is 17.1 Å². The fraction of sp³-hybridized carbons (Fsp3) is 0.875. The summed E-state index contributed by atoms with van der Waals surface area (Å²) in [7, 11) is 0. The minimum Gasteiger partial charge on any atom is -0.480 e. The highest BCUT2D eigenvalue weighted by Gasteiger charge is 2.68. The number of carboxylic acid groups (broad SMARTS) is 1. The molecule has 3 fully saturated rings. The van der Waals surface area contributed by atoms with Crippen LogP contribution in [0.3, 0.4) is 0 Å². The van der Waals surface area contributed by atoms with Gasteiger partial charge in [0.25, 0.3) is 0 Å². The first-order valence-electron chi connectivity index (χ1n) is 3.96. The third-order valence-electron chi connectivity index (χ3n) is 3.26. The summed E-state index contributed by atoms with van der Waals surface area (Å²) in [6.45, 7) is 2.20. The largest absolute Gasteiger partial charge is 0.480 e. The van der Waals surface area contributed by atoms with Gasteiger partial charge in [0.2, 0.25) is 0 Å². The van der Waals surface area contributed by atoms with E-state index < -0.39 is 12.0 Å². The van der Waals surface area contributed by atoms with Crippen molar-refractivity contribution in [2.75, 3.05) is 0 Å². The van der Waals surface area contributed by atoms with Crippen LogP contribution in [0, 0.1) is 10.8 Å². The van der Waals surface area contributed by atoms with Gasteiger partial charge in [-0.1, -0.05) is 6.92 Å². The number of carboxylic acids is 1. The molecule has 0 saturated heterocycles. The second-order valence-electron chi connectivity index (χ2n) is 4.52. The Kier molecular flexibility index (Phi) is 1.93. The van der Waals surface area contributed by atoms with Crippen molar-refractivity contribution in [3.05, 3.63) is 0 Å². The zero-order chi connectivity index (χ0) is 8.28. The number of hydrogen-bond donors (Lipinski definition) is 2. The molecular weight excluding hydrogens is 178 g/mol. The van der Waals surface area contributed by atoms with Crippen LogP contribution in [0.25, 0.3) is 0 Å². The molecule has 0 aromatic carbocycles. The Balaban J connectivity index is 0.000000720. The first kappa shape index (κ1) is 9.81. The molecule has 0 radical (unpaired) electrons. The van der Waals surface area contributed by atoms with E-state index in [1.54, 1.807) is 0 Å². The molecule has 3 aliphatic rings. The lowest BCUT2D eigenvalue weighted by Crippen LogP contribution is -2.69. The van der Waals surface area contributed by atoms with Crippen molar-refractivity contribution in [1.29, 1.82) is 0 Å². The standard InChI is InChI=1S/C8H13NO2.ClH/c1-7-2-8(3-7,4-7)5(9)6(10)11;/h5H,2-4,9H2,1H3,(H,10,11);1H/t5-,7?,8?;/m0./s1. The monoisotopic (exact) mass is 191 g/mol. The smallest absolute Gasteiger partial charge is 0.321 e. The lowest BCUT2D eigenvalue weighted by atomic mass is 9.34. The van der Waals surface area contributed by atoms with E-state index >= 15 is 0 Å². The van der Waals surface area contributed by atoms with Gasteiger partial charge in [0, 0.05) is 0 Å². The van der Waals surface area contributed by atoms with Crippen LogP contribution in [0.2, 0.25) is 0 Å². The average molecular weight is 192 g/mol. The molecule has 2 bridgehead atoms. The number of aliphatic carboxylic acids is 1. The second kappa shape index (κ2) is 2.36. The van der Waals surface area contributed by atoms with E-state index in [1.807, 2.05) is 0 Å². The summed E-state index contributed by atoms with van der Waals surface area (Å²) in [4.78, 5) is 10.5. The summed E-state index contributed by atoms with van der Waals surface area (Å²) in [5.41, 5.74) is 5.99. The summed E-state index contributed by atoms with van der Waals surface area (Å²) in [5.74, 6) is -0.841. The van der Waals surface area contributed by atoms with Gasteiger partial charge in [0.1, 0.15) is 6.04 Å². The molecule has 4 heteroatoms. The third kappa shape index (κ3) is 0.962. The summed E-state index contributed by atoms with van der Waals surface area (Å²) in [6, 6.07) is -0.621. The molecule has 70 valence electrons. The van der Waals surface area contributed by atoms with Gasteiger partial charge in [0.15, 0.2) is 0 Å². The lowest BCUT2D eigenvalue weighted by molar-refractivity contribution is -0.210. The zero-order valence-electron chi connectivity index (χ0n) is 7.04. The van der Waals surface area contributed by atoms with Crippen LogP contribution in [0.5, 0.6) is 0 Å². The summed E-state index contributed by atoms with van der Waals surface area (Å²) < 4.78 is 0. The minimum atomic E-state index is -0.841. The van der Waals surface area contributed by atoms with Crippen LogP contribution >= 0.6 is 12.4 Å². The first-order chi connectivity index (χ1) is 4.98. The van der Waals surface area contributed by atoms with Gasteiger partial charge in [-0.15, -0.1) is 12.4 Å². The molecule has 0 aromatic rings. The molecule has 3 rings (SSSR count). The van der Waals surface area contributed by atoms with Crippen molar-refractivity contribution in [3.63, 3.8) is 0 Å². The Morgan fingerprint density at radius 3 is 2.17 bits per heavy atom. The van der Waals surface area contributed by atoms with E-state index in [4.69, 9.17) is 10.8 Å². The summed E-state index contributed by atoms with van der Waals surface area (Å²) in [6.07, 6.45) is 3.06. The highest BCUT2D eigenvalue weighted by molar-refractivity contribution is 5.85. The second-order valence-corrected chi connectivity index (χ2v) is 4.52. The molecule has 3 aliphatic carbocycles. The molecule has 0 heterocycles. The Morgan fingerprint density at radius 2 is 1.92 bits per heavy atom. The van der Waals surface area contributed by atoms with E-state index in [0.29, 0.717) is 5.41 Å². The van der Waals surface area contributed by atoms with Gasteiger partial charge in [-0.2, -0.15) is 0 Å². The average Bonchev–Trinajstić information content (AvgIpc) is 1.77. The number of halogens is 1. The fourth-order valence-electron chi connectivity index (χ4n) is 2.99. The maximum Gasteiger partial charge on any atom is 0.321 e. The zero-order valence-corrected chi connectivity index (χ0v) is 7.86. The van der Waals surface area contributed by atoms with Gasteiger partial charge < -0.3 is 10.8 Å². The van der Waals surface area contributed by atoms with E-state index in [9.17, 15) is 4.79 Å². The van der Waals surface area contributed by atoms with Crippen LogP contribution in [0.4, 0.5) is 0 Å². The molecule has 0 aliphatic heterocycles. The Morgan fingerprint density at radius 1 is 1.50 bits per heavy atom. The summed E-state index contributed by atoms with van der Waals surface area (Å²) >= 11 is 0. The highest BCUT2D eigenvalue weighted by atomic mass is 35.5. The molecule has 12 heavy (non-hydrogen) atoms. The quantitative estimate of drug-likeness (QED) is 0.685. The molecule has 0 unspecified atom stereocenters. The third-order valence-corrected chi connectivity index (χ3v) is 3.26. The van der Waals surface area contributed by atoms with Crippen LogP contribution in [0.15, 0.2) is 0 Å². The topological polar surface area (TPSA) is 63.3 Å². The van der Waals surface area contributed by atoms with Crippen molar-refractivity contribution in [3.8, 4) is 0 Å². The summed E-state index contributed by atoms with van der Waals surface area (Å²) in [5, 5.41) is 8.67. The Hall–Kier alpha value is -0.280. The molecule has 1 atom stereocenters. The van der Waals surface area contributed by atoms with Crippen molar-refractivity contribution in [2.24, 2.45) is 16.6 Å². The van der Waals surface area contributed by atoms with Gasteiger partial charge in [-0.3, -0.25) is 4.79 Å². The lowest BCUT2D eigenvalue weighted by Gasteiger charge is -2.71. The Bertz CT molecular complexity index is 209. The molecule has 3 nitrogen and oxygen atoms in total. The van der Waals surface area contributed by atoms with Gasteiger partial charge >= 0.3 is 5.97 Å². The van der Waals surface area contributed by atoms with E-state index in [-0.39, 0.29) is 17.8 Å². The van der Waals surface area contributed by atoms with Gasteiger partial charge in [-0.25, -0.2) is 0 Å². The molecular formula is C8H14ClNO2. The van der Waals surface area contributed by atoms with Gasteiger partial charge in [0.05, 0.1) is 0 Å². The van der Waals surface area contributed by atoms with Crippen LogP contribution in [-0.2, 0) is 4.79 Å². The maximum absolute atomic E-state index is 10.5. The van der Waals surface area contributed by atoms with E-state index in [0.717, 1.165) is 19.3 Å². The SMILES string of the molecule is CC12CC([C@@H](N)C(=O)O)(C1)C2.Cl. The van der Waals surface area contributed by atoms with E-state index in [1.165, 1.54) is 0 Å². The molecule has 0 spiro atoms. The predicted octanol–water partition coefficient (Wildman–Crippen LogP) is 1.01. The maximum atomic E-state index is 10.5. The Labute approximate surface area is 77.7 Å².